The summed E-state index contributed by atoms with van der Waals surface area (Å²) in [5.41, 5.74) is 1.00. The van der Waals surface area contributed by atoms with Crippen molar-refractivity contribution in [1.82, 2.24) is 0 Å². The van der Waals surface area contributed by atoms with E-state index in [4.69, 9.17) is 13.3 Å². The molecule has 1 atom stereocenters. The Kier molecular flexibility index (Phi) is 6.21. The highest BCUT2D eigenvalue weighted by Crippen LogP contribution is 2.45. The first-order chi connectivity index (χ1) is 10.6. The molecular weight excluding hydrogens is 292 g/mol. The van der Waals surface area contributed by atoms with Crippen LogP contribution in [-0.2, 0) is 18.9 Å². The fraction of sp³-hybridized carbons (Fsp3) is 0.667. The van der Waals surface area contributed by atoms with E-state index in [0.717, 1.165) is 25.3 Å². The molecule has 1 heterocycles. The maximum atomic E-state index is 6.73. The van der Waals surface area contributed by atoms with Gasteiger partial charge < -0.3 is 13.3 Å². The van der Waals surface area contributed by atoms with E-state index in [1.807, 2.05) is 13.8 Å². The van der Waals surface area contributed by atoms with Crippen LogP contribution in [0.15, 0.2) is 30.3 Å². The zero-order valence-corrected chi connectivity index (χ0v) is 15.4. The molecule has 0 amide bonds. The monoisotopic (exact) mass is 322 g/mol. The molecule has 0 N–H and O–H groups in total. The Morgan fingerprint density at radius 1 is 1.14 bits per heavy atom. The standard InChI is InChI=1S/C18H30O3Si/c1-5-19-22(20-6-2)14-10-13-18(21-22,15-16(3)4)17-11-8-7-9-12-17/h7-9,11-12,16H,5-6,10,13-15H2,1-4H3. The molecule has 3 nitrogen and oxygen atoms in total. The van der Waals surface area contributed by atoms with E-state index in [0.29, 0.717) is 19.1 Å². The topological polar surface area (TPSA) is 27.7 Å². The van der Waals surface area contributed by atoms with Crippen molar-refractivity contribution in [3.8, 4) is 0 Å². The van der Waals surface area contributed by atoms with Gasteiger partial charge in [0.1, 0.15) is 0 Å². The summed E-state index contributed by atoms with van der Waals surface area (Å²) in [7, 11) is -2.57. The Bertz CT molecular complexity index is 437. The molecule has 1 saturated heterocycles. The van der Waals surface area contributed by atoms with Gasteiger partial charge in [-0.25, -0.2) is 0 Å². The molecular formula is C18H30O3Si. The maximum Gasteiger partial charge on any atom is 0.501 e. The average Bonchev–Trinajstić information content (AvgIpc) is 2.48. The second-order valence-corrected chi connectivity index (χ2v) is 9.11. The quantitative estimate of drug-likeness (QED) is 0.678. The molecule has 1 unspecified atom stereocenters. The molecule has 124 valence electrons. The van der Waals surface area contributed by atoms with Crippen molar-refractivity contribution in [2.24, 2.45) is 5.92 Å². The highest BCUT2D eigenvalue weighted by Gasteiger charge is 2.52. The lowest BCUT2D eigenvalue weighted by Gasteiger charge is -2.46. The van der Waals surface area contributed by atoms with Crippen LogP contribution in [0.25, 0.3) is 0 Å². The van der Waals surface area contributed by atoms with Gasteiger partial charge >= 0.3 is 8.80 Å². The zero-order chi connectivity index (χ0) is 16.1. The van der Waals surface area contributed by atoms with Crippen LogP contribution < -0.4 is 0 Å². The molecule has 4 heteroatoms. The van der Waals surface area contributed by atoms with Crippen molar-refractivity contribution in [2.75, 3.05) is 13.2 Å². The first kappa shape index (κ1) is 17.7. The predicted molar refractivity (Wildman–Crippen MR) is 91.7 cm³/mol. The summed E-state index contributed by atoms with van der Waals surface area (Å²) in [6.45, 7) is 9.87. The van der Waals surface area contributed by atoms with Crippen molar-refractivity contribution in [3.05, 3.63) is 35.9 Å². The van der Waals surface area contributed by atoms with Crippen LogP contribution in [0.3, 0.4) is 0 Å². The van der Waals surface area contributed by atoms with Crippen molar-refractivity contribution in [3.63, 3.8) is 0 Å². The molecule has 0 radical (unpaired) electrons. The highest BCUT2D eigenvalue weighted by atomic mass is 28.4. The third-order valence-corrected chi connectivity index (χ3v) is 7.31. The third kappa shape index (κ3) is 3.99. The van der Waals surface area contributed by atoms with Gasteiger partial charge in [0.15, 0.2) is 0 Å². The summed E-state index contributed by atoms with van der Waals surface area (Å²) in [6.07, 6.45) is 3.16. The first-order valence-corrected chi connectivity index (χ1v) is 10.5. The van der Waals surface area contributed by atoms with Crippen molar-refractivity contribution in [2.45, 2.75) is 58.6 Å². The lowest BCUT2D eigenvalue weighted by molar-refractivity contribution is -0.0669. The van der Waals surface area contributed by atoms with E-state index in [1.165, 1.54) is 5.56 Å². The van der Waals surface area contributed by atoms with E-state index in [-0.39, 0.29) is 5.60 Å². The molecule has 0 spiro atoms. The lowest BCUT2D eigenvalue weighted by atomic mass is 9.82. The molecule has 2 rings (SSSR count). The van der Waals surface area contributed by atoms with Gasteiger partial charge in [0, 0.05) is 19.3 Å². The van der Waals surface area contributed by atoms with Crippen LogP contribution >= 0.6 is 0 Å². The SMILES string of the molecule is CCO[Si]1(OCC)CCCC(CC(C)C)(c2ccccc2)O1. The van der Waals surface area contributed by atoms with E-state index in [9.17, 15) is 0 Å². The van der Waals surface area contributed by atoms with E-state index < -0.39 is 8.80 Å². The third-order valence-electron chi connectivity index (χ3n) is 4.18. The number of rotatable bonds is 7. The summed E-state index contributed by atoms with van der Waals surface area (Å²) in [5, 5.41) is 0. The van der Waals surface area contributed by atoms with Gasteiger partial charge in [-0.1, -0.05) is 44.2 Å². The first-order valence-electron chi connectivity index (χ1n) is 8.59. The minimum atomic E-state index is -2.57. The Balaban J connectivity index is 2.36. The second-order valence-electron chi connectivity index (χ2n) is 6.46. The van der Waals surface area contributed by atoms with E-state index in [1.54, 1.807) is 0 Å². The molecule has 1 aliphatic rings. The van der Waals surface area contributed by atoms with Gasteiger partial charge in [-0.3, -0.25) is 0 Å². The Labute approximate surface area is 136 Å². The maximum absolute atomic E-state index is 6.73. The van der Waals surface area contributed by atoms with Crippen LogP contribution in [0.4, 0.5) is 0 Å². The fourth-order valence-electron chi connectivity index (χ4n) is 3.54. The zero-order valence-electron chi connectivity index (χ0n) is 14.4. The smallest absolute Gasteiger partial charge is 0.374 e. The minimum absolute atomic E-state index is 0.260. The Morgan fingerprint density at radius 3 is 2.32 bits per heavy atom. The summed E-state index contributed by atoms with van der Waals surface area (Å²) < 4.78 is 18.9. The Morgan fingerprint density at radius 2 is 1.77 bits per heavy atom. The van der Waals surface area contributed by atoms with E-state index in [2.05, 4.69) is 44.2 Å². The van der Waals surface area contributed by atoms with Gasteiger partial charge in [0.2, 0.25) is 0 Å². The molecule has 0 saturated carbocycles. The van der Waals surface area contributed by atoms with Gasteiger partial charge in [0.05, 0.1) is 5.60 Å². The van der Waals surface area contributed by atoms with Gasteiger partial charge in [-0.15, -0.1) is 0 Å². The van der Waals surface area contributed by atoms with Gasteiger partial charge in [-0.05, 0) is 44.6 Å². The average molecular weight is 323 g/mol. The minimum Gasteiger partial charge on any atom is -0.374 e. The molecule has 1 aromatic carbocycles. The molecule has 0 bridgehead atoms. The van der Waals surface area contributed by atoms with Gasteiger partial charge in [-0.2, -0.15) is 0 Å². The lowest BCUT2D eigenvalue weighted by Crippen LogP contribution is -2.55. The molecule has 22 heavy (non-hydrogen) atoms. The fourth-order valence-corrected chi connectivity index (χ4v) is 6.52. The summed E-state index contributed by atoms with van der Waals surface area (Å²) in [6, 6.07) is 11.6. The van der Waals surface area contributed by atoms with Crippen molar-refractivity contribution >= 4 is 8.80 Å². The Hall–Kier alpha value is -0.683. The molecule has 1 aromatic rings. The van der Waals surface area contributed by atoms with Crippen molar-refractivity contribution in [1.29, 1.82) is 0 Å². The van der Waals surface area contributed by atoms with Crippen LogP contribution in [0.1, 0.15) is 52.5 Å². The van der Waals surface area contributed by atoms with Crippen molar-refractivity contribution < 1.29 is 13.3 Å². The normalized spacial score (nSPS) is 24.6. The molecule has 1 fully saturated rings. The molecule has 0 aliphatic carbocycles. The summed E-state index contributed by atoms with van der Waals surface area (Å²) in [4.78, 5) is 0. The van der Waals surface area contributed by atoms with Gasteiger partial charge in [0.25, 0.3) is 0 Å². The van der Waals surface area contributed by atoms with Crippen LogP contribution in [-0.4, -0.2) is 22.0 Å². The predicted octanol–water partition coefficient (Wildman–Crippen LogP) is 4.75. The number of hydrogen-bond donors (Lipinski definition) is 0. The largest absolute Gasteiger partial charge is 0.501 e. The number of benzene rings is 1. The molecule has 0 aromatic heterocycles. The highest BCUT2D eigenvalue weighted by molar-refractivity contribution is 6.61. The van der Waals surface area contributed by atoms with Crippen LogP contribution in [0.2, 0.25) is 6.04 Å². The number of hydrogen-bond acceptors (Lipinski definition) is 3. The van der Waals surface area contributed by atoms with E-state index >= 15 is 0 Å². The molecule has 1 aliphatic heterocycles. The van der Waals surface area contributed by atoms with Crippen LogP contribution in [0.5, 0.6) is 0 Å². The second kappa shape index (κ2) is 7.73. The summed E-state index contributed by atoms with van der Waals surface area (Å²) >= 11 is 0. The van der Waals surface area contributed by atoms with Crippen LogP contribution in [0, 0.1) is 5.92 Å². The summed E-state index contributed by atoms with van der Waals surface area (Å²) in [5.74, 6) is 0.563.